The van der Waals surface area contributed by atoms with Gasteiger partial charge in [0.25, 0.3) is 0 Å². The molecule has 0 fully saturated rings. The van der Waals surface area contributed by atoms with Crippen LogP contribution < -0.4 is 15.8 Å². The number of carbonyl (C=O) groups excluding carboxylic acids is 2. The van der Waals surface area contributed by atoms with Crippen LogP contribution in [0, 0.1) is 5.82 Å². The molecule has 1 rings (SSSR count). The minimum atomic E-state index is -5.05. The maximum Gasteiger partial charge on any atom is 0.573 e. The largest absolute Gasteiger partial charge is 0.573 e. The van der Waals surface area contributed by atoms with Gasteiger partial charge in [0.15, 0.2) is 11.6 Å². The molecule has 0 aliphatic carbocycles. The average molecular weight is 366 g/mol. The summed E-state index contributed by atoms with van der Waals surface area (Å²) in [7, 11) is 0. The lowest BCUT2D eigenvalue weighted by molar-refractivity contribution is -0.275. The third-order valence-corrected chi connectivity index (χ3v) is 2.68. The fraction of sp³-hybridized carbons (Fsp3) is 0.467. The van der Waals surface area contributed by atoms with Gasteiger partial charge in [0.05, 0.1) is 12.5 Å². The molecule has 0 saturated heterocycles. The predicted octanol–water partition coefficient (Wildman–Crippen LogP) is 3.17. The number of amides is 2. The fourth-order valence-electron chi connectivity index (χ4n) is 1.84. The summed E-state index contributed by atoms with van der Waals surface area (Å²) in [5, 5.41) is 2.32. The van der Waals surface area contributed by atoms with Crippen LogP contribution in [0.15, 0.2) is 18.2 Å². The topological polar surface area (TPSA) is 90.6 Å². The Labute approximate surface area is 141 Å². The second kappa shape index (κ2) is 7.58. The van der Waals surface area contributed by atoms with Crippen molar-refractivity contribution in [3.63, 3.8) is 0 Å². The maximum atomic E-state index is 13.8. The molecule has 0 aromatic heterocycles. The molecule has 0 radical (unpaired) electrons. The minimum absolute atomic E-state index is 0.0247. The van der Waals surface area contributed by atoms with Crippen LogP contribution >= 0.6 is 0 Å². The first kappa shape index (κ1) is 20.5. The standard InChI is InChI=1S/C15H18F4N2O4/c1-14(2,3)25-13(23)21-10(7-12(20)22)8-4-5-11(9(16)6-8)24-15(17,18)19/h4-6,10H,7H2,1-3H3,(H2,20,22)(H,21,23). The zero-order chi connectivity index (χ0) is 19.4. The van der Waals surface area contributed by atoms with E-state index in [2.05, 4.69) is 10.1 Å². The van der Waals surface area contributed by atoms with Crippen LogP contribution in [0.4, 0.5) is 22.4 Å². The summed E-state index contributed by atoms with van der Waals surface area (Å²) < 4.78 is 58.8. The number of hydrogen-bond acceptors (Lipinski definition) is 4. The number of nitrogens with one attached hydrogen (secondary N) is 1. The summed E-state index contributed by atoms with van der Waals surface area (Å²) in [5.74, 6) is -3.15. The Balaban J connectivity index is 3.01. The normalized spacial score (nSPS) is 13.1. The van der Waals surface area contributed by atoms with Gasteiger partial charge in [-0.2, -0.15) is 0 Å². The number of rotatable bonds is 5. The molecule has 0 heterocycles. The van der Waals surface area contributed by atoms with E-state index in [1.54, 1.807) is 20.8 Å². The number of hydrogen-bond donors (Lipinski definition) is 2. The highest BCUT2D eigenvalue weighted by Crippen LogP contribution is 2.28. The van der Waals surface area contributed by atoms with E-state index in [0.717, 1.165) is 12.1 Å². The minimum Gasteiger partial charge on any atom is -0.444 e. The van der Waals surface area contributed by atoms with E-state index in [-0.39, 0.29) is 5.56 Å². The van der Waals surface area contributed by atoms with Gasteiger partial charge in [0.2, 0.25) is 5.91 Å². The van der Waals surface area contributed by atoms with Crippen molar-refractivity contribution in [3.05, 3.63) is 29.6 Å². The Bertz CT molecular complexity index is 641. The molecule has 1 unspecified atom stereocenters. The highest BCUT2D eigenvalue weighted by molar-refractivity contribution is 5.76. The Morgan fingerprint density at radius 1 is 1.24 bits per heavy atom. The van der Waals surface area contributed by atoms with Gasteiger partial charge in [0.1, 0.15) is 5.60 Å². The Morgan fingerprint density at radius 3 is 2.28 bits per heavy atom. The summed E-state index contributed by atoms with van der Waals surface area (Å²) in [4.78, 5) is 23.0. The third kappa shape index (κ3) is 7.73. The zero-order valence-corrected chi connectivity index (χ0v) is 13.7. The molecular formula is C15H18F4N2O4. The van der Waals surface area contributed by atoms with Gasteiger partial charge in [-0.1, -0.05) is 6.07 Å². The van der Waals surface area contributed by atoms with E-state index < -0.39 is 48.0 Å². The number of ether oxygens (including phenoxy) is 2. The average Bonchev–Trinajstić information content (AvgIpc) is 2.36. The molecular weight excluding hydrogens is 348 g/mol. The van der Waals surface area contributed by atoms with Crippen LogP contribution in [0.1, 0.15) is 38.8 Å². The van der Waals surface area contributed by atoms with Crippen LogP contribution in [0.2, 0.25) is 0 Å². The lowest BCUT2D eigenvalue weighted by Crippen LogP contribution is -2.36. The van der Waals surface area contributed by atoms with E-state index >= 15 is 0 Å². The number of primary amides is 1. The van der Waals surface area contributed by atoms with Crippen molar-refractivity contribution >= 4 is 12.0 Å². The Hall–Kier alpha value is -2.52. The summed E-state index contributed by atoms with van der Waals surface area (Å²) in [6.07, 6.45) is -6.35. The maximum absolute atomic E-state index is 13.8. The van der Waals surface area contributed by atoms with Crippen molar-refractivity contribution in [2.75, 3.05) is 0 Å². The molecule has 1 aromatic rings. The molecule has 140 valence electrons. The van der Waals surface area contributed by atoms with Crippen LogP contribution in [-0.2, 0) is 9.53 Å². The first-order chi connectivity index (χ1) is 11.3. The monoisotopic (exact) mass is 366 g/mol. The van der Waals surface area contributed by atoms with Crippen LogP contribution in [0.3, 0.4) is 0 Å². The molecule has 1 aromatic carbocycles. The van der Waals surface area contributed by atoms with Crippen molar-refractivity contribution in [1.29, 1.82) is 0 Å². The number of alkyl halides is 3. The van der Waals surface area contributed by atoms with E-state index in [0.29, 0.717) is 6.07 Å². The van der Waals surface area contributed by atoms with Gasteiger partial charge >= 0.3 is 12.5 Å². The van der Waals surface area contributed by atoms with Gasteiger partial charge < -0.3 is 20.5 Å². The van der Waals surface area contributed by atoms with Gasteiger partial charge in [-0.25, -0.2) is 9.18 Å². The predicted molar refractivity (Wildman–Crippen MR) is 79.0 cm³/mol. The van der Waals surface area contributed by atoms with Crippen molar-refractivity contribution < 1.29 is 36.6 Å². The SMILES string of the molecule is CC(C)(C)OC(=O)NC(CC(N)=O)c1ccc(OC(F)(F)F)c(F)c1. The number of alkyl carbamates (subject to hydrolysis) is 1. The lowest BCUT2D eigenvalue weighted by atomic mass is 10.0. The van der Waals surface area contributed by atoms with Crippen molar-refractivity contribution in [1.82, 2.24) is 5.32 Å². The van der Waals surface area contributed by atoms with E-state index in [4.69, 9.17) is 10.5 Å². The lowest BCUT2D eigenvalue weighted by Gasteiger charge is -2.23. The van der Waals surface area contributed by atoms with Crippen LogP contribution in [0.5, 0.6) is 5.75 Å². The van der Waals surface area contributed by atoms with Crippen molar-refractivity contribution in [2.45, 2.75) is 45.2 Å². The molecule has 6 nitrogen and oxygen atoms in total. The Morgan fingerprint density at radius 2 is 1.84 bits per heavy atom. The first-order valence-electron chi connectivity index (χ1n) is 7.10. The quantitative estimate of drug-likeness (QED) is 0.783. The van der Waals surface area contributed by atoms with Gasteiger partial charge in [0, 0.05) is 0 Å². The van der Waals surface area contributed by atoms with Gasteiger partial charge in [-0.15, -0.1) is 13.2 Å². The number of halogens is 4. The number of nitrogens with two attached hydrogens (primary N) is 1. The molecule has 0 saturated carbocycles. The Kier molecular flexibility index (Phi) is 6.22. The highest BCUT2D eigenvalue weighted by atomic mass is 19.4. The third-order valence-electron chi connectivity index (χ3n) is 2.68. The molecule has 3 N–H and O–H groups in total. The number of carbonyl (C=O) groups is 2. The van der Waals surface area contributed by atoms with E-state index in [1.807, 2.05) is 0 Å². The van der Waals surface area contributed by atoms with Crippen molar-refractivity contribution in [3.8, 4) is 5.75 Å². The summed E-state index contributed by atoms with van der Waals surface area (Å²) in [5.41, 5.74) is 4.29. The molecule has 10 heteroatoms. The summed E-state index contributed by atoms with van der Waals surface area (Å²) in [6, 6.07) is 1.45. The molecule has 0 aliphatic heterocycles. The smallest absolute Gasteiger partial charge is 0.444 e. The molecule has 0 bridgehead atoms. The van der Waals surface area contributed by atoms with Gasteiger partial charge in [-0.05, 0) is 38.5 Å². The number of benzene rings is 1. The molecule has 0 spiro atoms. The molecule has 1 atom stereocenters. The van der Waals surface area contributed by atoms with Crippen LogP contribution in [-0.4, -0.2) is 24.0 Å². The second-order valence-electron chi connectivity index (χ2n) is 6.11. The van der Waals surface area contributed by atoms with E-state index in [9.17, 15) is 27.2 Å². The summed E-state index contributed by atoms with van der Waals surface area (Å²) in [6.45, 7) is 4.83. The zero-order valence-electron chi connectivity index (χ0n) is 13.7. The van der Waals surface area contributed by atoms with E-state index in [1.165, 1.54) is 0 Å². The van der Waals surface area contributed by atoms with Gasteiger partial charge in [-0.3, -0.25) is 4.79 Å². The van der Waals surface area contributed by atoms with Crippen molar-refractivity contribution in [2.24, 2.45) is 5.73 Å². The summed E-state index contributed by atoms with van der Waals surface area (Å²) >= 11 is 0. The molecule has 0 aliphatic rings. The fourth-order valence-corrected chi connectivity index (χ4v) is 1.84. The molecule has 25 heavy (non-hydrogen) atoms. The first-order valence-corrected chi connectivity index (χ1v) is 7.10. The second-order valence-corrected chi connectivity index (χ2v) is 6.11. The molecule has 2 amide bonds. The highest BCUT2D eigenvalue weighted by Gasteiger charge is 2.32. The van der Waals surface area contributed by atoms with Crippen LogP contribution in [0.25, 0.3) is 0 Å².